The van der Waals surface area contributed by atoms with E-state index in [1.807, 2.05) is 41.3 Å². The van der Waals surface area contributed by atoms with Crippen molar-refractivity contribution in [2.24, 2.45) is 0 Å². The Morgan fingerprint density at radius 1 is 1.09 bits per heavy atom. The summed E-state index contributed by atoms with van der Waals surface area (Å²) >= 11 is 0. The number of amides is 1. The highest BCUT2D eigenvalue weighted by Gasteiger charge is 2.28. The summed E-state index contributed by atoms with van der Waals surface area (Å²) in [5, 5.41) is 4.13. The first-order chi connectivity index (χ1) is 15.7. The van der Waals surface area contributed by atoms with Crippen molar-refractivity contribution in [3.63, 3.8) is 0 Å². The molecule has 32 heavy (non-hydrogen) atoms. The van der Waals surface area contributed by atoms with E-state index >= 15 is 0 Å². The fourth-order valence-corrected chi connectivity index (χ4v) is 4.90. The second-order valence-corrected chi connectivity index (χ2v) is 8.56. The van der Waals surface area contributed by atoms with E-state index in [9.17, 15) is 4.79 Å². The smallest absolute Gasteiger partial charge is 0.227 e. The molecule has 3 aromatic rings. The number of benzene rings is 2. The SMILES string of the molecule is [C-]#[N+]c1cccc2c1CCC2CN1CCN(C(=O)Cc2ccc(-n3cncn3)cc2)CC1. The Morgan fingerprint density at radius 2 is 1.91 bits per heavy atom. The summed E-state index contributed by atoms with van der Waals surface area (Å²) in [5.41, 5.74) is 5.36. The van der Waals surface area contributed by atoms with Gasteiger partial charge < -0.3 is 4.90 Å². The van der Waals surface area contributed by atoms with Crippen LogP contribution in [-0.4, -0.2) is 63.2 Å². The zero-order valence-corrected chi connectivity index (χ0v) is 18.0. The average molecular weight is 427 g/mol. The van der Waals surface area contributed by atoms with E-state index in [2.05, 4.69) is 25.9 Å². The predicted molar refractivity (Wildman–Crippen MR) is 122 cm³/mol. The fourth-order valence-electron chi connectivity index (χ4n) is 4.90. The van der Waals surface area contributed by atoms with Crippen molar-refractivity contribution in [1.82, 2.24) is 24.6 Å². The molecule has 0 N–H and O–H groups in total. The molecule has 2 heterocycles. The van der Waals surface area contributed by atoms with E-state index < -0.39 is 0 Å². The van der Waals surface area contributed by atoms with Crippen molar-refractivity contribution in [2.75, 3.05) is 32.7 Å². The number of piperazine rings is 1. The van der Waals surface area contributed by atoms with E-state index in [1.165, 1.54) is 17.5 Å². The fraction of sp³-hybridized carbons (Fsp3) is 0.360. The lowest BCUT2D eigenvalue weighted by atomic mass is 9.99. The number of carbonyl (C=O) groups is 1. The van der Waals surface area contributed by atoms with E-state index in [0.29, 0.717) is 12.3 Å². The summed E-state index contributed by atoms with van der Waals surface area (Å²) in [6.07, 6.45) is 5.71. The summed E-state index contributed by atoms with van der Waals surface area (Å²) in [7, 11) is 0. The molecule has 0 radical (unpaired) electrons. The summed E-state index contributed by atoms with van der Waals surface area (Å²) in [5.74, 6) is 0.684. The monoisotopic (exact) mass is 426 g/mol. The molecule has 0 spiro atoms. The summed E-state index contributed by atoms with van der Waals surface area (Å²) in [6, 6.07) is 14.0. The number of carbonyl (C=O) groups excluding carboxylic acids is 1. The third-order valence-corrected chi connectivity index (χ3v) is 6.67. The van der Waals surface area contributed by atoms with Gasteiger partial charge in [-0.25, -0.2) is 14.5 Å². The van der Waals surface area contributed by atoms with Gasteiger partial charge in [0, 0.05) is 32.7 Å². The third-order valence-electron chi connectivity index (χ3n) is 6.67. The maximum atomic E-state index is 12.8. The normalized spacial score (nSPS) is 18.3. The molecular weight excluding hydrogens is 400 g/mol. The van der Waals surface area contributed by atoms with Crippen LogP contribution in [0.4, 0.5) is 5.69 Å². The molecule has 162 valence electrons. The first-order valence-electron chi connectivity index (χ1n) is 11.1. The van der Waals surface area contributed by atoms with Gasteiger partial charge in [0.25, 0.3) is 0 Å². The van der Waals surface area contributed by atoms with Gasteiger partial charge in [-0.1, -0.05) is 35.9 Å². The van der Waals surface area contributed by atoms with Crippen LogP contribution in [0.5, 0.6) is 0 Å². The quantitative estimate of drug-likeness (QED) is 0.588. The van der Waals surface area contributed by atoms with Crippen molar-refractivity contribution < 1.29 is 4.79 Å². The summed E-state index contributed by atoms with van der Waals surface area (Å²) < 4.78 is 1.70. The minimum Gasteiger partial charge on any atom is -0.340 e. The number of hydrogen-bond acceptors (Lipinski definition) is 4. The Labute approximate surface area is 188 Å². The number of rotatable bonds is 5. The zero-order valence-electron chi connectivity index (χ0n) is 18.0. The maximum Gasteiger partial charge on any atom is 0.227 e. The zero-order chi connectivity index (χ0) is 21.9. The Hall–Kier alpha value is -3.50. The van der Waals surface area contributed by atoms with Crippen LogP contribution in [0, 0.1) is 6.57 Å². The van der Waals surface area contributed by atoms with Gasteiger partial charge in [0.15, 0.2) is 5.69 Å². The lowest BCUT2D eigenvalue weighted by molar-refractivity contribution is -0.132. The van der Waals surface area contributed by atoms with Gasteiger partial charge in [-0.15, -0.1) is 0 Å². The molecule has 1 amide bonds. The van der Waals surface area contributed by atoms with Gasteiger partial charge in [-0.3, -0.25) is 9.69 Å². The Bertz CT molecular complexity index is 1120. The molecule has 1 aromatic heterocycles. The topological polar surface area (TPSA) is 58.6 Å². The van der Waals surface area contributed by atoms with E-state index in [-0.39, 0.29) is 5.91 Å². The first-order valence-corrected chi connectivity index (χ1v) is 11.1. The minimum atomic E-state index is 0.186. The Balaban J connectivity index is 1.13. The van der Waals surface area contributed by atoms with Gasteiger partial charge in [0.1, 0.15) is 12.7 Å². The molecule has 5 rings (SSSR count). The lowest BCUT2D eigenvalue weighted by Gasteiger charge is -2.36. The number of fused-ring (bicyclic) bond motifs is 1. The van der Waals surface area contributed by atoms with Crippen LogP contribution in [0.3, 0.4) is 0 Å². The van der Waals surface area contributed by atoms with E-state index in [1.54, 1.807) is 11.0 Å². The highest BCUT2D eigenvalue weighted by molar-refractivity contribution is 5.79. The molecule has 1 fully saturated rings. The van der Waals surface area contributed by atoms with Crippen LogP contribution < -0.4 is 0 Å². The molecule has 1 aliphatic carbocycles. The molecule has 7 nitrogen and oxygen atoms in total. The highest BCUT2D eigenvalue weighted by atomic mass is 16.2. The molecule has 2 aromatic carbocycles. The standard InChI is InChI=1S/C25H26N6O/c1-26-24-4-2-3-22-20(7-10-23(22)24)16-29-11-13-30(14-12-29)25(32)15-19-5-8-21(9-6-19)31-18-27-17-28-31/h2-6,8-9,17-18,20H,7,10-16H2. The Morgan fingerprint density at radius 3 is 2.62 bits per heavy atom. The van der Waals surface area contributed by atoms with Gasteiger partial charge in [-0.2, -0.15) is 5.10 Å². The average Bonchev–Trinajstić information content (AvgIpc) is 3.51. The van der Waals surface area contributed by atoms with Gasteiger partial charge in [0.05, 0.1) is 18.7 Å². The van der Waals surface area contributed by atoms with Crippen LogP contribution in [0.25, 0.3) is 10.5 Å². The number of hydrogen-bond donors (Lipinski definition) is 0. The molecule has 1 aliphatic heterocycles. The number of aromatic nitrogens is 3. The van der Waals surface area contributed by atoms with Crippen molar-refractivity contribution in [3.8, 4) is 5.69 Å². The Kier molecular flexibility index (Phi) is 5.70. The molecular formula is C25H26N6O. The van der Waals surface area contributed by atoms with Crippen LogP contribution in [0.2, 0.25) is 0 Å². The molecule has 2 aliphatic rings. The van der Waals surface area contributed by atoms with E-state index in [0.717, 1.165) is 62.5 Å². The van der Waals surface area contributed by atoms with Crippen molar-refractivity contribution in [1.29, 1.82) is 0 Å². The number of nitrogens with zero attached hydrogens (tertiary/aromatic N) is 6. The molecule has 7 heteroatoms. The highest BCUT2D eigenvalue weighted by Crippen LogP contribution is 2.38. The van der Waals surface area contributed by atoms with Crippen molar-refractivity contribution in [2.45, 2.75) is 25.2 Å². The largest absolute Gasteiger partial charge is 0.340 e. The second kappa shape index (κ2) is 8.93. The van der Waals surface area contributed by atoms with Gasteiger partial charge >= 0.3 is 0 Å². The van der Waals surface area contributed by atoms with Crippen LogP contribution in [0.15, 0.2) is 55.1 Å². The summed E-state index contributed by atoms with van der Waals surface area (Å²) in [4.78, 5) is 24.9. The van der Waals surface area contributed by atoms with Gasteiger partial charge in [-0.05, 0) is 42.0 Å². The molecule has 1 atom stereocenters. The van der Waals surface area contributed by atoms with Crippen molar-refractivity contribution in [3.05, 3.63) is 83.2 Å². The first kappa shape index (κ1) is 20.4. The molecule has 1 unspecified atom stereocenters. The van der Waals surface area contributed by atoms with Crippen LogP contribution in [0.1, 0.15) is 29.0 Å². The van der Waals surface area contributed by atoms with E-state index in [4.69, 9.17) is 6.57 Å². The predicted octanol–water partition coefficient (Wildman–Crippen LogP) is 3.23. The summed E-state index contributed by atoms with van der Waals surface area (Å²) in [6.45, 7) is 11.8. The van der Waals surface area contributed by atoms with Crippen LogP contribution in [-0.2, 0) is 17.6 Å². The van der Waals surface area contributed by atoms with Gasteiger partial charge in [0.2, 0.25) is 5.91 Å². The molecule has 0 bridgehead atoms. The van der Waals surface area contributed by atoms with Crippen molar-refractivity contribution >= 4 is 11.6 Å². The lowest BCUT2D eigenvalue weighted by Crippen LogP contribution is -2.49. The third kappa shape index (κ3) is 4.14. The van der Waals surface area contributed by atoms with Crippen LogP contribution >= 0.6 is 0 Å². The molecule has 0 saturated carbocycles. The molecule has 1 saturated heterocycles. The second-order valence-electron chi connectivity index (χ2n) is 8.56. The maximum absolute atomic E-state index is 12.8. The minimum absolute atomic E-state index is 0.186.